The molecule has 0 fully saturated rings. The number of nitrogens with zero attached hydrogens (tertiary/aromatic N) is 2. The zero-order valence-electron chi connectivity index (χ0n) is 10.6. The van der Waals surface area contributed by atoms with Crippen LogP contribution in [-0.2, 0) is 0 Å². The Bertz CT molecular complexity index is 533. The zero-order chi connectivity index (χ0) is 13.7. The van der Waals surface area contributed by atoms with E-state index in [0.29, 0.717) is 5.02 Å². The summed E-state index contributed by atoms with van der Waals surface area (Å²) in [7, 11) is 0. The van der Waals surface area contributed by atoms with Gasteiger partial charge < -0.3 is 5.32 Å². The minimum atomic E-state index is -0.340. The van der Waals surface area contributed by atoms with Crippen LogP contribution in [0.25, 0.3) is 0 Å². The third-order valence-corrected chi connectivity index (χ3v) is 3.11. The fourth-order valence-electron chi connectivity index (χ4n) is 1.89. The number of nitrogens with one attached hydrogen (secondary N) is 1. The molecule has 0 bridgehead atoms. The van der Waals surface area contributed by atoms with Gasteiger partial charge in [0, 0.05) is 23.0 Å². The van der Waals surface area contributed by atoms with Crippen molar-refractivity contribution in [2.24, 2.45) is 0 Å². The van der Waals surface area contributed by atoms with Gasteiger partial charge in [0.25, 0.3) is 0 Å². The lowest BCUT2D eigenvalue weighted by Gasteiger charge is -2.20. The minimum Gasteiger partial charge on any atom is -0.306 e. The van der Waals surface area contributed by atoms with Gasteiger partial charge in [-0.3, -0.25) is 0 Å². The van der Waals surface area contributed by atoms with Crippen molar-refractivity contribution in [2.45, 2.75) is 19.4 Å². The van der Waals surface area contributed by atoms with Gasteiger partial charge in [-0.05, 0) is 30.7 Å². The van der Waals surface area contributed by atoms with Crippen LogP contribution >= 0.6 is 11.6 Å². The number of benzene rings is 1. The predicted molar refractivity (Wildman–Crippen MR) is 73.6 cm³/mol. The van der Waals surface area contributed by atoms with E-state index in [2.05, 4.69) is 22.2 Å². The summed E-state index contributed by atoms with van der Waals surface area (Å²) in [5.74, 6) is -0.340. The monoisotopic (exact) mass is 279 g/mol. The van der Waals surface area contributed by atoms with Crippen LogP contribution in [0.1, 0.15) is 30.5 Å². The molecule has 5 heteroatoms. The summed E-state index contributed by atoms with van der Waals surface area (Å²) >= 11 is 6.13. The van der Waals surface area contributed by atoms with E-state index in [9.17, 15) is 4.39 Å². The maximum atomic E-state index is 13.1. The zero-order valence-corrected chi connectivity index (χ0v) is 11.4. The van der Waals surface area contributed by atoms with Crippen molar-refractivity contribution >= 4 is 11.6 Å². The molecular weight excluding hydrogens is 265 g/mol. The molecule has 100 valence electrons. The molecule has 0 aliphatic rings. The predicted octanol–water partition coefficient (Wildman–Crippen LogP) is 3.36. The molecule has 0 saturated heterocycles. The van der Waals surface area contributed by atoms with E-state index < -0.39 is 0 Å². The molecule has 0 saturated carbocycles. The number of rotatable bonds is 5. The second-order valence-electron chi connectivity index (χ2n) is 4.22. The first-order valence-electron chi connectivity index (χ1n) is 6.15. The van der Waals surface area contributed by atoms with Gasteiger partial charge in [-0.15, -0.1) is 0 Å². The van der Waals surface area contributed by atoms with E-state index >= 15 is 0 Å². The first-order chi connectivity index (χ1) is 9.22. The highest BCUT2D eigenvalue weighted by Gasteiger charge is 2.17. The minimum absolute atomic E-state index is 0.130. The third-order valence-electron chi connectivity index (χ3n) is 2.79. The SMILES string of the molecule is CCCNC(c1cncnc1)c1ccc(F)cc1Cl. The molecule has 1 heterocycles. The molecular formula is C14H15ClFN3. The molecule has 1 atom stereocenters. The van der Waals surface area contributed by atoms with Gasteiger partial charge in [0.2, 0.25) is 0 Å². The highest BCUT2D eigenvalue weighted by atomic mass is 35.5. The Kier molecular flexibility index (Phi) is 4.82. The van der Waals surface area contributed by atoms with Gasteiger partial charge in [-0.1, -0.05) is 24.6 Å². The van der Waals surface area contributed by atoms with Crippen molar-refractivity contribution in [3.63, 3.8) is 0 Å². The Labute approximate surface area is 116 Å². The lowest BCUT2D eigenvalue weighted by Crippen LogP contribution is -2.23. The number of halogens is 2. The molecule has 1 unspecified atom stereocenters. The molecule has 3 nitrogen and oxygen atoms in total. The van der Waals surface area contributed by atoms with Gasteiger partial charge in [0.1, 0.15) is 12.1 Å². The van der Waals surface area contributed by atoms with Crippen LogP contribution in [0.3, 0.4) is 0 Å². The summed E-state index contributed by atoms with van der Waals surface area (Å²) in [6, 6.07) is 4.29. The second-order valence-corrected chi connectivity index (χ2v) is 4.63. The molecule has 0 aliphatic carbocycles. The lowest BCUT2D eigenvalue weighted by molar-refractivity contribution is 0.590. The Morgan fingerprint density at radius 1 is 1.32 bits per heavy atom. The van der Waals surface area contributed by atoms with Crippen molar-refractivity contribution < 1.29 is 4.39 Å². The maximum absolute atomic E-state index is 13.1. The van der Waals surface area contributed by atoms with Crippen LogP contribution in [0, 0.1) is 5.82 Å². The van der Waals surface area contributed by atoms with Crippen LogP contribution in [0.5, 0.6) is 0 Å². The van der Waals surface area contributed by atoms with Crippen LogP contribution in [0.15, 0.2) is 36.9 Å². The summed E-state index contributed by atoms with van der Waals surface area (Å²) in [6.45, 7) is 2.91. The van der Waals surface area contributed by atoms with E-state index in [1.165, 1.54) is 18.5 Å². The normalized spacial score (nSPS) is 12.4. The molecule has 2 aromatic rings. The van der Waals surface area contributed by atoms with Gasteiger partial charge in [-0.2, -0.15) is 0 Å². The van der Waals surface area contributed by atoms with E-state index in [-0.39, 0.29) is 11.9 Å². The summed E-state index contributed by atoms with van der Waals surface area (Å²) in [6.07, 6.45) is 5.94. The van der Waals surface area contributed by atoms with Gasteiger partial charge in [0.15, 0.2) is 0 Å². The van der Waals surface area contributed by atoms with Crippen LogP contribution in [-0.4, -0.2) is 16.5 Å². The maximum Gasteiger partial charge on any atom is 0.124 e. The second kappa shape index (κ2) is 6.59. The van der Waals surface area contributed by atoms with E-state index in [1.54, 1.807) is 18.5 Å². The highest BCUT2D eigenvalue weighted by Crippen LogP contribution is 2.28. The first kappa shape index (κ1) is 13.9. The average Bonchev–Trinajstić information content (AvgIpc) is 2.42. The quantitative estimate of drug-likeness (QED) is 0.912. The molecule has 19 heavy (non-hydrogen) atoms. The van der Waals surface area contributed by atoms with Crippen LogP contribution in [0.4, 0.5) is 4.39 Å². The lowest BCUT2D eigenvalue weighted by atomic mass is 10.0. The molecule has 0 radical (unpaired) electrons. The van der Waals surface area contributed by atoms with Crippen molar-refractivity contribution in [1.82, 2.24) is 15.3 Å². The fraction of sp³-hybridized carbons (Fsp3) is 0.286. The van der Waals surface area contributed by atoms with E-state index in [4.69, 9.17) is 11.6 Å². The van der Waals surface area contributed by atoms with Crippen LogP contribution in [0.2, 0.25) is 5.02 Å². The summed E-state index contributed by atoms with van der Waals surface area (Å²) in [5, 5.41) is 3.78. The van der Waals surface area contributed by atoms with Gasteiger partial charge in [-0.25, -0.2) is 14.4 Å². The fourth-order valence-corrected chi connectivity index (χ4v) is 2.17. The Morgan fingerprint density at radius 2 is 2.05 bits per heavy atom. The van der Waals surface area contributed by atoms with Gasteiger partial charge in [0.05, 0.1) is 6.04 Å². The molecule has 1 aromatic heterocycles. The van der Waals surface area contributed by atoms with E-state index in [1.807, 2.05) is 0 Å². The molecule has 0 aliphatic heterocycles. The molecule has 1 N–H and O–H groups in total. The van der Waals surface area contributed by atoms with Crippen molar-refractivity contribution in [3.05, 3.63) is 58.9 Å². The smallest absolute Gasteiger partial charge is 0.124 e. The van der Waals surface area contributed by atoms with Crippen molar-refractivity contribution in [3.8, 4) is 0 Å². The third kappa shape index (κ3) is 3.49. The number of aromatic nitrogens is 2. The molecule has 0 amide bonds. The van der Waals surface area contributed by atoms with Crippen molar-refractivity contribution in [1.29, 1.82) is 0 Å². The Morgan fingerprint density at radius 3 is 2.68 bits per heavy atom. The Balaban J connectivity index is 2.37. The standard InChI is InChI=1S/C14H15ClFN3/c1-2-5-19-14(10-7-17-9-18-8-10)12-4-3-11(16)6-13(12)15/h3-4,6-9,14,19H,2,5H2,1H3. The molecule has 2 rings (SSSR count). The molecule has 1 aromatic carbocycles. The number of hydrogen-bond donors (Lipinski definition) is 1. The first-order valence-corrected chi connectivity index (χ1v) is 6.53. The summed E-state index contributed by atoms with van der Waals surface area (Å²) < 4.78 is 13.1. The van der Waals surface area contributed by atoms with Gasteiger partial charge >= 0.3 is 0 Å². The average molecular weight is 280 g/mol. The van der Waals surface area contributed by atoms with Crippen LogP contribution < -0.4 is 5.32 Å². The summed E-state index contributed by atoms with van der Waals surface area (Å²) in [5.41, 5.74) is 1.73. The summed E-state index contributed by atoms with van der Waals surface area (Å²) in [4.78, 5) is 8.04. The van der Waals surface area contributed by atoms with E-state index in [0.717, 1.165) is 24.1 Å². The highest BCUT2D eigenvalue weighted by molar-refractivity contribution is 6.31. The molecule has 0 spiro atoms. The van der Waals surface area contributed by atoms with Crippen molar-refractivity contribution in [2.75, 3.05) is 6.54 Å². The number of hydrogen-bond acceptors (Lipinski definition) is 3. The largest absolute Gasteiger partial charge is 0.306 e. The Hall–Kier alpha value is -1.52. The topological polar surface area (TPSA) is 37.8 Å².